The number of hydrogen-bond donors (Lipinski definition) is 1. The molecule has 1 aliphatic rings. The summed E-state index contributed by atoms with van der Waals surface area (Å²) in [4.78, 5) is 4.23. The van der Waals surface area contributed by atoms with Crippen molar-refractivity contribution in [2.75, 3.05) is 7.04 Å². The van der Waals surface area contributed by atoms with Crippen LogP contribution in [0.25, 0.3) is 17.2 Å². The van der Waals surface area contributed by atoms with Crippen molar-refractivity contribution in [3.63, 3.8) is 0 Å². The van der Waals surface area contributed by atoms with E-state index in [4.69, 9.17) is 14.6 Å². The SMILES string of the molecule is Cl.Cl.[2H]C([2H])([2H])Oc1ccc(-c2nnc(C3CC(N)C3)n2-c2ccccc2F)nc1. The van der Waals surface area contributed by atoms with E-state index in [-0.39, 0.29) is 42.5 Å². The van der Waals surface area contributed by atoms with Crippen LogP contribution >= 0.6 is 24.8 Å². The first-order valence-electron chi connectivity index (χ1n) is 9.43. The average Bonchev–Trinajstić information content (AvgIpc) is 3.03. The molecule has 6 nitrogen and oxygen atoms in total. The van der Waals surface area contributed by atoms with E-state index >= 15 is 0 Å². The molecular formula is C18H20Cl2FN5O. The maximum Gasteiger partial charge on any atom is 0.187 e. The Kier molecular flexibility index (Phi) is 5.42. The second-order valence-corrected chi connectivity index (χ2v) is 6.08. The van der Waals surface area contributed by atoms with Crippen molar-refractivity contribution in [2.24, 2.45) is 5.73 Å². The number of benzene rings is 1. The third-order valence-electron chi connectivity index (χ3n) is 4.40. The highest BCUT2D eigenvalue weighted by molar-refractivity contribution is 5.85. The number of nitrogens with zero attached hydrogens (tertiary/aromatic N) is 4. The van der Waals surface area contributed by atoms with Crippen LogP contribution in [0.5, 0.6) is 5.75 Å². The van der Waals surface area contributed by atoms with Crippen LogP contribution in [-0.2, 0) is 0 Å². The van der Waals surface area contributed by atoms with Crippen LogP contribution in [0.15, 0.2) is 42.6 Å². The Morgan fingerprint density at radius 1 is 1.19 bits per heavy atom. The van der Waals surface area contributed by atoms with E-state index in [9.17, 15) is 4.39 Å². The first-order valence-corrected chi connectivity index (χ1v) is 7.93. The highest BCUT2D eigenvalue weighted by atomic mass is 35.5. The third-order valence-corrected chi connectivity index (χ3v) is 4.40. The zero-order chi connectivity index (χ0) is 19.9. The molecule has 1 aliphatic carbocycles. The van der Waals surface area contributed by atoms with Gasteiger partial charge in [-0.3, -0.25) is 4.57 Å². The number of nitrogens with two attached hydrogens (primary N) is 1. The van der Waals surface area contributed by atoms with Gasteiger partial charge in [0.2, 0.25) is 0 Å². The maximum absolute atomic E-state index is 14.5. The van der Waals surface area contributed by atoms with Crippen molar-refractivity contribution < 1.29 is 13.2 Å². The number of pyridine rings is 1. The minimum Gasteiger partial charge on any atom is -0.495 e. The number of hydrogen-bond acceptors (Lipinski definition) is 5. The predicted octanol–water partition coefficient (Wildman–Crippen LogP) is 3.53. The molecule has 9 heteroatoms. The van der Waals surface area contributed by atoms with Gasteiger partial charge in [-0.05, 0) is 37.1 Å². The van der Waals surface area contributed by atoms with Crippen molar-refractivity contribution in [3.05, 3.63) is 54.2 Å². The highest BCUT2D eigenvalue weighted by Gasteiger charge is 2.33. The third kappa shape index (κ3) is 3.90. The van der Waals surface area contributed by atoms with Gasteiger partial charge in [-0.1, -0.05) is 12.1 Å². The van der Waals surface area contributed by atoms with E-state index < -0.39 is 12.9 Å². The van der Waals surface area contributed by atoms with Gasteiger partial charge in [0.1, 0.15) is 23.1 Å². The molecule has 0 atom stereocenters. The summed E-state index contributed by atoms with van der Waals surface area (Å²) in [6, 6.07) is 9.52. The van der Waals surface area contributed by atoms with Crippen molar-refractivity contribution in [1.29, 1.82) is 0 Å². The summed E-state index contributed by atoms with van der Waals surface area (Å²) in [5.74, 6) is 0.781. The summed E-state index contributed by atoms with van der Waals surface area (Å²) in [5, 5.41) is 8.50. The van der Waals surface area contributed by atoms with Crippen LogP contribution in [0, 0.1) is 5.82 Å². The Morgan fingerprint density at radius 3 is 2.59 bits per heavy atom. The standard InChI is InChI=1S/C18H18FN5O.2ClH/c1-25-13-6-7-15(21-10-13)18-23-22-17(11-8-12(20)9-11)24(18)16-5-3-2-4-14(16)19;;/h2-7,10-12H,8-9,20H2,1H3;2*1H/i1D3;;. The predicted molar refractivity (Wildman–Crippen MR) is 106 cm³/mol. The molecule has 0 amide bonds. The second-order valence-electron chi connectivity index (χ2n) is 6.08. The number of halogens is 3. The number of methoxy groups -OCH3 is 1. The molecule has 144 valence electrons. The van der Waals surface area contributed by atoms with Gasteiger partial charge in [0.25, 0.3) is 0 Å². The van der Waals surface area contributed by atoms with Gasteiger partial charge >= 0.3 is 0 Å². The maximum atomic E-state index is 14.5. The molecule has 1 fully saturated rings. The van der Waals surface area contributed by atoms with E-state index in [2.05, 4.69) is 15.2 Å². The van der Waals surface area contributed by atoms with E-state index in [0.717, 1.165) is 12.8 Å². The van der Waals surface area contributed by atoms with Crippen molar-refractivity contribution in [1.82, 2.24) is 19.7 Å². The Morgan fingerprint density at radius 2 is 1.96 bits per heavy atom. The summed E-state index contributed by atoms with van der Waals surface area (Å²) in [6.07, 6.45) is 2.80. The van der Waals surface area contributed by atoms with Crippen molar-refractivity contribution >= 4 is 24.8 Å². The fraction of sp³-hybridized carbons (Fsp3) is 0.278. The number of para-hydroxylation sites is 1. The molecule has 0 radical (unpaired) electrons. The molecule has 0 bridgehead atoms. The van der Waals surface area contributed by atoms with E-state index in [0.29, 0.717) is 23.0 Å². The number of ether oxygens (including phenoxy) is 1. The summed E-state index contributed by atoms with van der Waals surface area (Å²) >= 11 is 0. The Labute approximate surface area is 173 Å². The Hall–Kier alpha value is -2.22. The van der Waals surface area contributed by atoms with Crippen LogP contribution in [-0.4, -0.2) is 32.8 Å². The van der Waals surface area contributed by atoms with Gasteiger partial charge in [0.05, 0.1) is 23.0 Å². The largest absolute Gasteiger partial charge is 0.495 e. The van der Waals surface area contributed by atoms with E-state index in [1.54, 1.807) is 28.8 Å². The first-order chi connectivity index (χ1) is 13.3. The fourth-order valence-electron chi connectivity index (χ4n) is 3.04. The molecule has 4 rings (SSSR count). The molecule has 0 aliphatic heterocycles. The van der Waals surface area contributed by atoms with Crippen LogP contribution in [0.2, 0.25) is 0 Å². The summed E-state index contributed by atoms with van der Waals surface area (Å²) in [5.41, 5.74) is 6.65. The average molecular weight is 415 g/mol. The first kappa shape index (κ1) is 16.9. The lowest BCUT2D eigenvalue weighted by atomic mass is 9.80. The van der Waals surface area contributed by atoms with E-state index in [1.807, 2.05) is 0 Å². The van der Waals surface area contributed by atoms with Gasteiger partial charge in [0, 0.05) is 12.0 Å². The molecule has 0 spiro atoms. The highest BCUT2D eigenvalue weighted by Crippen LogP contribution is 2.37. The van der Waals surface area contributed by atoms with Gasteiger partial charge in [0.15, 0.2) is 5.82 Å². The van der Waals surface area contributed by atoms with Gasteiger partial charge in [-0.25, -0.2) is 9.37 Å². The Bertz CT molecular complexity index is 994. The van der Waals surface area contributed by atoms with Gasteiger partial charge in [-0.15, -0.1) is 35.0 Å². The molecule has 0 saturated heterocycles. The zero-order valence-corrected chi connectivity index (χ0v) is 15.7. The molecule has 2 aromatic heterocycles. The molecule has 27 heavy (non-hydrogen) atoms. The summed E-state index contributed by atoms with van der Waals surface area (Å²) in [6.45, 7) is 0. The van der Waals surface area contributed by atoms with Gasteiger partial charge in [-0.2, -0.15) is 0 Å². The minimum atomic E-state index is -2.56. The van der Waals surface area contributed by atoms with Crippen molar-refractivity contribution in [2.45, 2.75) is 24.8 Å². The molecule has 1 saturated carbocycles. The zero-order valence-electron chi connectivity index (χ0n) is 17.1. The van der Waals surface area contributed by atoms with Crippen LogP contribution in [0.3, 0.4) is 0 Å². The summed E-state index contributed by atoms with van der Waals surface area (Å²) in [7, 11) is -2.56. The smallest absolute Gasteiger partial charge is 0.187 e. The lowest BCUT2D eigenvalue weighted by Crippen LogP contribution is -2.36. The Balaban J connectivity index is 0.00000160. The van der Waals surface area contributed by atoms with Crippen molar-refractivity contribution in [3.8, 4) is 23.0 Å². The van der Waals surface area contributed by atoms with Crippen LogP contribution in [0.4, 0.5) is 4.39 Å². The van der Waals surface area contributed by atoms with Crippen LogP contribution in [0.1, 0.15) is 28.7 Å². The molecule has 2 N–H and O–H groups in total. The van der Waals surface area contributed by atoms with Crippen LogP contribution < -0.4 is 10.5 Å². The summed E-state index contributed by atoms with van der Waals surface area (Å²) < 4.78 is 42.5. The molecule has 2 heterocycles. The monoisotopic (exact) mass is 414 g/mol. The second kappa shape index (κ2) is 8.65. The minimum absolute atomic E-state index is 0. The lowest BCUT2D eigenvalue weighted by Gasteiger charge is -2.31. The van der Waals surface area contributed by atoms with E-state index in [1.165, 1.54) is 18.3 Å². The fourth-order valence-corrected chi connectivity index (χ4v) is 3.04. The molecule has 1 aromatic carbocycles. The molecule has 3 aromatic rings. The quantitative estimate of drug-likeness (QED) is 0.706. The number of rotatable bonds is 4. The lowest BCUT2D eigenvalue weighted by molar-refractivity contribution is 0.334. The molecule has 0 unspecified atom stereocenters. The number of aromatic nitrogens is 4. The molecular weight excluding hydrogens is 392 g/mol. The normalized spacial score (nSPS) is 20.1. The van der Waals surface area contributed by atoms with Gasteiger partial charge < -0.3 is 10.5 Å². The topological polar surface area (TPSA) is 78.9 Å².